The maximum absolute atomic E-state index is 13.5. The number of hydrogen-bond donors (Lipinski definition) is 2. The third kappa shape index (κ3) is 2.57. The second-order valence-electron chi connectivity index (χ2n) is 7.02. The minimum atomic E-state index is -2.01. The predicted molar refractivity (Wildman–Crippen MR) is 108 cm³/mol. The summed E-state index contributed by atoms with van der Waals surface area (Å²) in [5.41, 5.74) is 1.04. The Balaban J connectivity index is 1.69. The Kier molecular flexibility index (Phi) is 3.82. The van der Waals surface area contributed by atoms with Crippen molar-refractivity contribution in [3.63, 3.8) is 0 Å². The number of rotatable bonds is 3. The molecule has 0 bridgehead atoms. The number of nitrogens with zero attached hydrogens (tertiary/aromatic N) is 3. The van der Waals surface area contributed by atoms with Gasteiger partial charge in [-0.05, 0) is 17.7 Å². The van der Waals surface area contributed by atoms with Crippen LogP contribution in [0.4, 0.5) is 5.69 Å². The molecule has 1 unspecified atom stereocenters. The molecule has 0 saturated carbocycles. The number of phenols is 1. The van der Waals surface area contributed by atoms with E-state index in [-0.39, 0.29) is 11.3 Å². The zero-order chi connectivity index (χ0) is 20.0. The number of carbonyl (C=O) groups is 1. The molecule has 0 aliphatic carbocycles. The Bertz CT molecular complexity index is 1240. The highest BCUT2D eigenvalue weighted by atomic mass is 16.3. The average molecular weight is 383 g/mol. The summed E-state index contributed by atoms with van der Waals surface area (Å²) in [7, 11) is 0. The highest BCUT2D eigenvalue weighted by Crippen LogP contribution is 2.47. The zero-order valence-electron chi connectivity index (χ0n) is 15.4. The number of carbonyl (C=O) groups excluding carboxylic acids is 1. The highest BCUT2D eigenvalue weighted by molar-refractivity contribution is 6.09. The Morgan fingerprint density at radius 2 is 1.52 bits per heavy atom. The molecular weight excluding hydrogens is 366 g/mol. The van der Waals surface area contributed by atoms with E-state index in [0.29, 0.717) is 28.8 Å². The summed E-state index contributed by atoms with van der Waals surface area (Å²) in [5, 5.41) is 22.3. The van der Waals surface area contributed by atoms with Gasteiger partial charge in [-0.25, -0.2) is 0 Å². The van der Waals surface area contributed by atoms with Crippen molar-refractivity contribution in [1.82, 2.24) is 9.97 Å². The van der Waals surface area contributed by atoms with Crippen LogP contribution in [-0.4, -0.2) is 26.1 Å². The summed E-state index contributed by atoms with van der Waals surface area (Å²) in [5.74, 6) is -0.716. The summed E-state index contributed by atoms with van der Waals surface area (Å²) in [4.78, 5) is 23.5. The molecule has 6 heteroatoms. The van der Waals surface area contributed by atoms with Crippen LogP contribution in [0.1, 0.15) is 16.7 Å². The van der Waals surface area contributed by atoms with Gasteiger partial charge >= 0.3 is 0 Å². The van der Waals surface area contributed by atoms with E-state index in [0.717, 1.165) is 5.56 Å². The molecule has 0 spiro atoms. The van der Waals surface area contributed by atoms with Crippen LogP contribution in [0.2, 0.25) is 0 Å². The maximum Gasteiger partial charge on any atom is 0.268 e. The van der Waals surface area contributed by atoms with Crippen molar-refractivity contribution in [2.24, 2.45) is 0 Å². The lowest BCUT2D eigenvalue weighted by Gasteiger charge is -2.24. The number of para-hydroxylation sites is 1. The first-order valence-electron chi connectivity index (χ1n) is 9.21. The van der Waals surface area contributed by atoms with Crippen molar-refractivity contribution in [3.05, 3.63) is 95.8 Å². The smallest absolute Gasteiger partial charge is 0.268 e. The van der Waals surface area contributed by atoms with E-state index in [1.165, 1.54) is 24.5 Å². The van der Waals surface area contributed by atoms with Gasteiger partial charge in [0.25, 0.3) is 5.91 Å². The molecule has 1 aliphatic rings. The fourth-order valence-corrected chi connectivity index (χ4v) is 3.91. The monoisotopic (exact) mass is 383 g/mol. The van der Waals surface area contributed by atoms with Crippen LogP contribution in [0.15, 0.2) is 79.1 Å². The molecule has 1 aliphatic heterocycles. The molecule has 1 atom stereocenters. The minimum absolute atomic E-state index is 0.0958. The van der Waals surface area contributed by atoms with Gasteiger partial charge in [-0.3, -0.25) is 14.8 Å². The summed E-state index contributed by atoms with van der Waals surface area (Å²) >= 11 is 0. The number of fused-ring (bicyclic) bond motifs is 2. The van der Waals surface area contributed by atoms with Crippen molar-refractivity contribution in [2.75, 3.05) is 4.90 Å². The van der Waals surface area contributed by atoms with Gasteiger partial charge in [0.2, 0.25) is 0 Å². The number of aromatic hydroxyl groups is 1. The molecule has 29 heavy (non-hydrogen) atoms. The lowest BCUT2D eigenvalue weighted by Crippen LogP contribution is -2.41. The standard InChI is InChI=1S/C23H17N3O3/c27-21-13-19-18(24-10-11-25-19)12-17(21)23(29)16-8-4-5-9-20(16)26(22(23)28)14-15-6-2-1-3-7-15/h1-13,27,29H,14H2. The first-order chi connectivity index (χ1) is 14.1. The van der Waals surface area contributed by atoms with E-state index in [1.54, 1.807) is 23.1 Å². The van der Waals surface area contributed by atoms with Gasteiger partial charge in [0.05, 0.1) is 23.3 Å². The van der Waals surface area contributed by atoms with Crippen molar-refractivity contribution < 1.29 is 15.0 Å². The van der Waals surface area contributed by atoms with Crippen LogP contribution in [0.5, 0.6) is 5.75 Å². The molecule has 2 heterocycles. The summed E-state index contributed by atoms with van der Waals surface area (Å²) in [6.07, 6.45) is 3.05. The van der Waals surface area contributed by atoms with Crippen molar-refractivity contribution >= 4 is 22.6 Å². The van der Waals surface area contributed by atoms with Gasteiger partial charge in [-0.2, -0.15) is 0 Å². The van der Waals surface area contributed by atoms with E-state index in [2.05, 4.69) is 9.97 Å². The van der Waals surface area contributed by atoms with E-state index < -0.39 is 11.5 Å². The number of phenolic OH excluding ortho intramolecular Hbond substituents is 1. The quantitative estimate of drug-likeness (QED) is 0.568. The SMILES string of the molecule is O=C1N(Cc2ccccc2)c2ccccc2C1(O)c1cc2nccnc2cc1O. The number of benzene rings is 3. The van der Waals surface area contributed by atoms with Crippen molar-refractivity contribution in [2.45, 2.75) is 12.1 Å². The fourth-order valence-electron chi connectivity index (χ4n) is 3.91. The Morgan fingerprint density at radius 3 is 2.28 bits per heavy atom. The number of anilines is 1. The summed E-state index contributed by atoms with van der Waals surface area (Å²) < 4.78 is 0. The van der Waals surface area contributed by atoms with Crippen LogP contribution >= 0.6 is 0 Å². The molecule has 2 N–H and O–H groups in total. The molecule has 0 radical (unpaired) electrons. The largest absolute Gasteiger partial charge is 0.507 e. The van der Waals surface area contributed by atoms with Crippen LogP contribution in [0.3, 0.4) is 0 Å². The first kappa shape index (κ1) is 17.3. The van der Waals surface area contributed by atoms with Gasteiger partial charge in [0.15, 0.2) is 5.60 Å². The van der Waals surface area contributed by atoms with E-state index in [1.807, 2.05) is 36.4 Å². The van der Waals surface area contributed by atoms with Gasteiger partial charge in [0, 0.05) is 29.6 Å². The second-order valence-corrected chi connectivity index (χ2v) is 7.02. The minimum Gasteiger partial charge on any atom is -0.507 e. The second kappa shape index (κ2) is 6.39. The number of aliphatic hydroxyl groups is 1. The lowest BCUT2D eigenvalue weighted by atomic mass is 9.86. The highest BCUT2D eigenvalue weighted by Gasteiger charge is 2.52. The first-order valence-corrected chi connectivity index (χ1v) is 9.21. The van der Waals surface area contributed by atoms with Crippen LogP contribution in [-0.2, 0) is 16.9 Å². The fraction of sp³-hybridized carbons (Fsp3) is 0.0870. The predicted octanol–water partition coefficient (Wildman–Crippen LogP) is 3.12. The molecule has 142 valence electrons. The lowest BCUT2D eigenvalue weighted by molar-refractivity contribution is -0.132. The van der Waals surface area contributed by atoms with Gasteiger partial charge in [-0.1, -0.05) is 48.5 Å². The van der Waals surface area contributed by atoms with Crippen LogP contribution < -0.4 is 4.90 Å². The maximum atomic E-state index is 13.5. The Labute approximate surface area is 166 Å². The van der Waals surface area contributed by atoms with Crippen molar-refractivity contribution in [3.8, 4) is 5.75 Å². The zero-order valence-corrected chi connectivity index (χ0v) is 15.4. The molecule has 3 aromatic carbocycles. The van der Waals surface area contributed by atoms with Gasteiger partial charge in [-0.15, -0.1) is 0 Å². The molecule has 6 nitrogen and oxygen atoms in total. The number of hydrogen-bond acceptors (Lipinski definition) is 5. The van der Waals surface area contributed by atoms with Crippen molar-refractivity contribution in [1.29, 1.82) is 0 Å². The normalized spacial score (nSPS) is 18.2. The van der Waals surface area contributed by atoms with Gasteiger partial charge < -0.3 is 15.1 Å². The Morgan fingerprint density at radius 1 is 0.862 bits per heavy atom. The molecule has 0 fully saturated rings. The number of aromatic nitrogens is 2. The van der Waals surface area contributed by atoms with Crippen LogP contribution in [0, 0.1) is 0 Å². The average Bonchev–Trinajstić information content (AvgIpc) is 2.97. The third-order valence-corrected chi connectivity index (χ3v) is 5.30. The molecule has 1 amide bonds. The molecule has 4 aromatic rings. The third-order valence-electron chi connectivity index (χ3n) is 5.30. The molecule has 0 saturated heterocycles. The van der Waals surface area contributed by atoms with E-state index in [9.17, 15) is 15.0 Å². The molecular formula is C23H17N3O3. The topological polar surface area (TPSA) is 86.6 Å². The number of amides is 1. The summed E-state index contributed by atoms with van der Waals surface area (Å²) in [6.45, 7) is 0.313. The molecule has 5 rings (SSSR count). The molecule has 1 aromatic heterocycles. The van der Waals surface area contributed by atoms with Crippen LogP contribution in [0.25, 0.3) is 11.0 Å². The van der Waals surface area contributed by atoms with Gasteiger partial charge in [0.1, 0.15) is 5.75 Å². The van der Waals surface area contributed by atoms with E-state index in [4.69, 9.17) is 0 Å². The summed E-state index contributed by atoms with van der Waals surface area (Å²) in [6, 6.07) is 19.6. The van der Waals surface area contributed by atoms with E-state index >= 15 is 0 Å². The Hall–Kier alpha value is -3.77.